The van der Waals surface area contributed by atoms with Gasteiger partial charge in [-0.15, -0.1) is 0 Å². The SMILES string of the molecule is Cc1cc2oc(=O)cc(CN(C)CC3COc4ccccc4O3)c2cc1Cl. The van der Waals surface area contributed by atoms with Crippen LogP contribution in [0.4, 0.5) is 0 Å². The van der Waals surface area contributed by atoms with Crippen LogP contribution < -0.4 is 15.1 Å². The fourth-order valence-corrected chi connectivity index (χ4v) is 3.50. The molecule has 1 aliphatic rings. The fraction of sp³-hybridized carbons (Fsp3) is 0.286. The lowest BCUT2D eigenvalue weighted by atomic mass is 10.1. The molecule has 2 heterocycles. The van der Waals surface area contributed by atoms with Crippen LogP contribution in [-0.2, 0) is 6.54 Å². The zero-order valence-electron chi connectivity index (χ0n) is 15.2. The summed E-state index contributed by atoms with van der Waals surface area (Å²) in [7, 11) is 1.99. The van der Waals surface area contributed by atoms with Gasteiger partial charge in [0.25, 0.3) is 0 Å². The summed E-state index contributed by atoms with van der Waals surface area (Å²) in [4.78, 5) is 14.0. The van der Waals surface area contributed by atoms with E-state index in [0.717, 1.165) is 28.0 Å². The molecule has 0 radical (unpaired) electrons. The molecule has 0 bridgehead atoms. The number of hydrogen-bond donors (Lipinski definition) is 0. The van der Waals surface area contributed by atoms with Crippen LogP contribution in [0.1, 0.15) is 11.1 Å². The van der Waals surface area contributed by atoms with Crippen molar-refractivity contribution in [3.05, 3.63) is 69.0 Å². The first-order valence-electron chi connectivity index (χ1n) is 8.79. The molecule has 140 valence electrons. The van der Waals surface area contributed by atoms with Gasteiger partial charge in [0.15, 0.2) is 11.5 Å². The van der Waals surface area contributed by atoms with E-state index in [-0.39, 0.29) is 11.7 Å². The summed E-state index contributed by atoms with van der Waals surface area (Å²) in [6.45, 7) is 3.61. The van der Waals surface area contributed by atoms with Gasteiger partial charge in [-0.25, -0.2) is 4.79 Å². The zero-order chi connectivity index (χ0) is 19.0. The molecule has 1 aliphatic heterocycles. The van der Waals surface area contributed by atoms with Crippen LogP contribution in [-0.4, -0.2) is 31.2 Å². The van der Waals surface area contributed by atoms with Crippen LogP contribution in [0.2, 0.25) is 5.02 Å². The van der Waals surface area contributed by atoms with Crippen LogP contribution in [0.5, 0.6) is 11.5 Å². The number of halogens is 1. The molecule has 4 rings (SSSR count). The summed E-state index contributed by atoms with van der Waals surface area (Å²) in [5, 5.41) is 1.50. The lowest BCUT2D eigenvalue weighted by Crippen LogP contribution is -2.39. The Morgan fingerprint density at radius 1 is 1.19 bits per heavy atom. The average molecular weight is 386 g/mol. The molecular formula is C21H20ClNO4. The summed E-state index contributed by atoms with van der Waals surface area (Å²) in [5.74, 6) is 1.53. The molecule has 27 heavy (non-hydrogen) atoms. The van der Waals surface area contributed by atoms with Crippen LogP contribution in [0, 0.1) is 6.92 Å². The van der Waals surface area contributed by atoms with Gasteiger partial charge in [-0.3, -0.25) is 4.90 Å². The summed E-state index contributed by atoms with van der Waals surface area (Å²) < 4.78 is 17.1. The Morgan fingerprint density at radius 3 is 2.78 bits per heavy atom. The molecule has 0 fully saturated rings. The standard InChI is InChI=1S/C21H20ClNO4/c1-13-7-20-16(9-17(13)22)14(8-21(24)27-20)10-23(2)11-15-12-25-18-5-3-4-6-19(18)26-15/h3-9,15H,10-12H2,1-2H3. The maximum atomic E-state index is 11.9. The molecule has 6 heteroatoms. The summed E-state index contributed by atoms with van der Waals surface area (Å²) in [5.41, 5.74) is 1.95. The first kappa shape index (κ1) is 17.9. The molecule has 0 saturated carbocycles. The molecule has 1 unspecified atom stereocenters. The highest BCUT2D eigenvalue weighted by molar-refractivity contribution is 6.32. The Bertz CT molecular complexity index is 1050. The number of aryl methyl sites for hydroxylation is 1. The minimum atomic E-state index is -0.362. The van der Waals surface area contributed by atoms with Gasteiger partial charge < -0.3 is 13.9 Å². The third-order valence-electron chi connectivity index (χ3n) is 4.63. The molecule has 2 aromatic carbocycles. The third kappa shape index (κ3) is 3.80. The monoisotopic (exact) mass is 385 g/mol. The minimum absolute atomic E-state index is 0.0814. The van der Waals surface area contributed by atoms with Crippen molar-refractivity contribution in [1.82, 2.24) is 4.90 Å². The van der Waals surface area contributed by atoms with Gasteiger partial charge in [0, 0.05) is 29.6 Å². The molecular weight excluding hydrogens is 366 g/mol. The van der Waals surface area contributed by atoms with Gasteiger partial charge in [0.05, 0.1) is 0 Å². The van der Waals surface area contributed by atoms with Gasteiger partial charge in [0.1, 0.15) is 18.3 Å². The average Bonchev–Trinajstić information content (AvgIpc) is 2.63. The lowest BCUT2D eigenvalue weighted by Gasteiger charge is -2.29. The minimum Gasteiger partial charge on any atom is -0.486 e. The van der Waals surface area contributed by atoms with E-state index in [1.807, 2.05) is 44.3 Å². The van der Waals surface area contributed by atoms with Crippen molar-refractivity contribution in [2.45, 2.75) is 19.6 Å². The second-order valence-electron chi connectivity index (χ2n) is 6.88. The zero-order valence-corrected chi connectivity index (χ0v) is 16.0. The summed E-state index contributed by atoms with van der Waals surface area (Å²) in [6.07, 6.45) is -0.0814. The molecule has 0 N–H and O–H groups in total. The van der Waals surface area contributed by atoms with Crippen molar-refractivity contribution in [2.24, 2.45) is 0 Å². The molecule has 0 aliphatic carbocycles. The van der Waals surface area contributed by atoms with Gasteiger partial charge in [-0.05, 0) is 49.4 Å². The van der Waals surface area contributed by atoms with Crippen LogP contribution in [0.15, 0.2) is 51.7 Å². The van der Waals surface area contributed by atoms with Gasteiger partial charge >= 0.3 is 5.63 Å². The molecule has 0 spiro atoms. The van der Waals surface area contributed by atoms with E-state index in [1.54, 1.807) is 6.07 Å². The topological polar surface area (TPSA) is 51.9 Å². The molecule has 0 saturated heterocycles. The van der Waals surface area contributed by atoms with Crippen molar-refractivity contribution >= 4 is 22.6 Å². The molecule has 5 nitrogen and oxygen atoms in total. The highest BCUT2D eigenvalue weighted by atomic mass is 35.5. The number of rotatable bonds is 4. The van der Waals surface area contributed by atoms with Gasteiger partial charge in [-0.2, -0.15) is 0 Å². The van der Waals surface area contributed by atoms with E-state index < -0.39 is 0 Å². The Labute approximate surface area is 162 Å². The third-order valence-corrected chi connectivity index (χ3v) is 5.04. The number of hydrogen-bond acceptors (Lipinski definition) is 5. The second kappa shape index (κ2) is 7.25. The van der Waals surface area contributed by atoms with E-state index in [0.29, 0.717) is 30.3 Å². The second-order valence-corrected chi connectivity index (χ2v) is 7.29. The Morgan fingerprint density at radius 2 is 1.96 bits per heavy atom. The highest BCUT2D eigenvalue weighted by Crippen LogP contribution is 2.31. The van der Waals surface area contributed by atoms with Crippen molar-refractivity contribution in [1.29, 1.82) is 0 Å². The Hall–Kier alpha value is -2.50. The normalized spacial score (nSPS) is 16.1. The van der Waals surface area contributed by atoms with Crippen molar-refractivity contribution in [3.8, 4) is 11.5 Å². The summed E-state index contributed by atoms with van der Waals surface area (Å²) >= 11 is 6.27. The lowest BCUT2D eigenvalue weighted by molar-refractivity contribution is 0.0639. The Balaban J connectivity index is 1.52. The maximum Gasteiger partial charge on any atom is 0.336 e. The van der Waals surface area contributed by atoms with E-state index in [4.69, 9.17) is 25.5 Å². The van der Waals surface area contributed by atoms with Crippen molar-refractivity contribution < 1.29 is 13.9 Å². The molecule has 1 atom stereocenters. The van der Waals surface area contributed by atoms with Crippen LogP contribution in [0.25, 0.3) is 11.0 Å². The van der Waals surface area contributed by atoms with Crippen molar-refractivity contribution in [3.63, 3.8) is 0 Å². The van der Waals surface area contributed by atoms with Gasteiger partial charge in [0.2, 0.25) is 0 Å². The van der Waals surface area contributed by atoms with E-state index in [2.05, 4.69) is 4.90 Å². The predicted molar refractivity (Wildman–Crippen MR) is 105 cm³/mol. The Kier molecular flexibility index (Phi) is 4.81. The maximum absolute atomic E-state index is 11.9. The van der Waals surface area contributed by atoms with Crippen LogP contribution >= 0.6 is 11.6 Å². The van der Waals surface area contributed by atoms with Crippen LogP contribution in [0.3, 0.4) is 0 Å². The molecule has 0 amide bonds. The van der Waals surface area contributed by atoms with Gasteiger partial charge in [-0.1, -0.05) is 23.7 Å². The van der Waals surface area contributed by atoms with E-state index in [1.165, 1.54) is 6.07 Å². The van der Waals surface area contributed by atoms with E-state index >= 15 is 0 Å². The van der Waals surface area contributed by atoms with E-state index in [9.17, 15) is 4.79 Å². The fourth-order valence-electron chi connectivity index (χ4n) is 3.34. The number of nitrogens with zero attached hydrogens (tertiary/aromatic N) is 1. The smallest absolute Gasteiger partial charge is 0.336 e. The number of para-hydroxylation sites is 2. The predicted octanol–water partition coefficient (Wildman–Crippen LogP) is 4.03. The number of fused-ring (bicyclic) bond motifs is 2. The number of benzene rings is 2. The summed E-state index contributed by atoms with van der Waals surface area (Å²) in [6, 6.07) is 12.8. The highest BCUT2D eigenvalue weighted by Gasteiger charge is 2.22. The number of likely N-dealkylation sites (N-methyl/N-ethyl adjacent to an activating group) is 1. The number of ether oxygens (including phenoxy) is 2. The van der Waals surface area contributed by atoms with Crippen molar-refractivity contribution in [2.75, 3.05) is 20.2 Å². The molecule has 1 aromatic heterocycles. The first-order chi connectivity index (χ1) is 13.0. The largest absolute Gasteiger partial charge is 0.486 e. The molecule has 3 aromatic rings. The first-order valence-corrected chi connectivity index (χ1v) is 9.17. The quantitative estimate of drug-likeness (QED) is 0.635.